The van der Waals surface area contributed by atoms with Crippen molar-refractivity contribution in [3.8, 4) is 0 Å². The summed E-state index contributed by atoms with van der Waals surface area (Å²) in [5.74, 6) is 0. The fourth-order valence-corrected chi connectivity index (χ4v) is 2.99. The average molecular weight is 252 g/mol. The number of aromatic nitrogens is 1. The Labute approximate surface area is 115 Å². The van der Waals surface area contributed by atoms with Crippen LogP contribution in [0.2, 0.25) is 0 Å². The number of benzene rings is 1. The fraction of sp³-hybridized carbons (Fsp3) is 0.353. The largest absolute Gasteiger partial charge is 0.373 e. The van der Waals surface area contributed by atoms with Gasteiger partial charge in [0, 0.05) is 48.6 Å². The van der Waals surface area contributed by atoms with Crippen LogP contribution in [0, 0.1) is 0 Å². The van der Waals surface area contributed by atoms with Crippen LogP contribution >= 0.6 is 0 Å². The highest BCUT2D eigenvalue weighted by molar-refractivity contribution is 5.61. The first kappa shape index (κ1) is 12.2. The van der Waals surface area contributed by atoms with Gasteiger partial charge >= 0.3 is 0 Å². The summed E-state index contributed by atoms with van der Waals surface area (Å²) >= 11 is 0. The van der Waals surface area contributed by atoms with Crippen LogP contribution in [0.1, 0.15) is 30.7 Å². The van der Waals surface area contributed by atoms with Gasteiger partial charge in [0.25, 0.3) is 0 Å². The summed E-state index contributed by atoms with van der Waals surface area (Å²) in [4.78, 5) is 6.99. The van der Waals surface area contributed by atoms with Crippen molar-refractivity contribution < 1.29 is 0 Å². The number of pyridine rings is 1. The predicted molar refractivity (Wildman–Crippen MR) is 79.8 cm³/mol. The normalized spacial score (nSPS) is 16.5. The van der Waals surface area contributed by atoms with E-state index in [-0.39, 0.29) is 5.41 Å². The highest BCUT2D eigenvalue weighted by atomic mass is 15.1. The van der Waals surface area contributed by atoms with Crippen LogP contribution < -0.4 is 4.90 Å². The first-order valence-corrected chi connectivity index (χ1v) is 6.81. The number of rotatable bonds is 2. The van der Waals surface area contributed by atoms with Crippen LogP contribution in [0.3, 0.4) is 0 Å². The molecule has 98 valence electrons. The van der Waals surface area contributed by atoms with Gasteiger partial charge in [0.05, 0.1) is 0 Å². The topological polar surface area (TPSA) is 16.1 Å². The number of nitrogens with zero attached hydrogens (tertiary/aromatic N) is 2. The summed E-state index contributed by atoms with van der Waals surface area (Å²) in [6, 6.07) is 12.8. The first-order chi connectivity index (χ1) is 9.06. The van der Waals surface area contributed by atoms with Crippen molar-refractivity contribution >= 4 is 5.69 Å². The van der Waals surface area contributed by atoms with Crippen molar-refractivity contribution in [2.24, 2.45) is 0 Å². The van der Waals surface area contributed by atoms with E-state index in [0.717, 1.165) is 18.7 Å². The van der Waals surface area contributed by atoms with Gasteiger partial charge in [0.2, 0.25) is 0 Å². The summed E-state index contributed by atoms with van der Waals surface area (Å²) in [7, 11) is 2.17. The molecule has 0 atom stereocenters. The molecule has 0 unspecified atom stereocenters. The molecule has 0 fully saturated rings. The Kier molecular flexibility index (Phi) is 2.81. The van der Waals surface area contributed by atoms with E-state index in [0.29, 0.717) is 0 Å². The highest BCUT2D eigenvalue weighted by Crippen LogP contribution is 2.39. The van der Waals surface area contributed by atoms with Crippen LogP contribution in [0.4, 0.5) is 5.69 Å². The van der Waals surface area contributed by atoms with E-state index in [4.69, 9.17) is 0 Å². The molecular formula is C17H20N2. The van der Waals surface area contributed by atoms with Crippen molar-refractivity contribution in [3.63, 3.8) is 0 Å². The van der Waals surface area contributed by atoms with Gasteiger partial charge in [-0.2, -0.15) is 0 Å². The lowest BCUT2D eigenvalue weighted by molar-refractivity contribution is 0.561. The minimum absolute atomic E-state index is 0.211. The van der Waals surface area contributed by atoms with Gasteiger partial charge in [-0.25, -0.2) is 0 Å². The molecule has 1 aliphatic heterocycles. The van der Waals surface area contributed by atoms with E-state index in [1.807, 2.05) is 0 Å². The molecule has 1 aromatic heterocycles. The van der Waals surface area contributed by atoms with E-state index < -0.39 is 0 Å². The maximum absolute atomic E-state index is 4.65. The molecule has 2 heteroatoms. The SMILES string of the molecule is CN1CC(C)(C)c2cnc(Cc3ccccc3)cc21. The maximum Gasteiger partial charge on any atom is 0.0468 e. The molecule has 19 heavy (non-hydrogen) atoms. The molecule has 1 aliphatic rings. The van der Waals surface area contributed by atoms with Crippen molar-refractivity contribution in [1.29, 1.82) is 0 Å². The van der Waals surface area contributed by atoms with E-state index in [1.165, 1.54) is 16.8 Å². The second kappa shape index (κ2) is 4.37. The average Bonchev–Trinajstić information content (AvgIpc) is 2.61. The predicted octanol–water partition coefficient (Wildman–Crippen LogP) is 3.40. The monoisotopic (exact) mass is 252 g/mol. The number of hydrogen-bond acceptors (Lipinski definition) is 2. The van der Waals surface area contributed by atoms with Crippen LogP contribution in [-0.2, 0) is 11.8 Å². The van der Waals surface area contributed by atoms with Gasteiger partial charge in [-0.05, 0) is 11.6 Å². The van der Waals surface area contributed by atoms with Crippen LogP contribution in [0.5, 0.6) is 0 Å². The molecule has 2 nitrogen and oxygen atoms in total. The molecule has 1 aromatic carbocycles. The van der Waals surface area contributed by atoms with Crippen molar-refractivity contribution in [2.45, 2.75) is 25.7 Å². The third kappa shape index (κ3) is 2.23. The summed E-state index contributed by atoms with van der Waals surface area (Å²) in [6.07, 6.45) is 2.97. The molecular weight excluding hydrogens is 232 g/mol. The van der Waals surface area contributed by atoms with E-state index >= 15 is 0 Å². The standard InChI is InChI=1S/C17H20N2/c1-17(2)12-19(3)16-10-14(18-11-15(16)17)9-13-7-5-4-6-8-13/h4-8,10-11H,9,12H2,1-3H3. The molecule has 0 spiro atoms. The number of anilines is 1. The first-order valence-electron chi connectivity index (χ1n) is 6.81. The Morgan fingerprint density at radius 2 is 1.95 bits per heavy atom. The third-order valence-electron chi connectivity index (χ3n) is 3.94. The summed E-state index contributed by atoms with van der Waals surface area (Å²) in [5.41, 5.74) is 5.38. The number of fused-ring (bicyclic) bond motifs is 1. The summed E-state index contributed by atoms with van der Waals surface area (Å²) < 4.78 is 0. The Bertz CT molecular complexity index is 587. The zero-order valence-electron chi connectivity index (χ0n) is 11.9. The van der Waals surface area contributed by atoms with Crippen molar-refractivity contribution in [3.05, 3.63) is 59.4 Å². The van der Waals surface area contributed by atoms with E-state index in [9.17, 15) is 0 Å². The van der Waals surface area contributed by atoms with Gasteiger partial charge < -0.3 is 4.90 Å². The fourth-order valence-electron chi connectivity index (χ4n) is 2.99. The Morgan fingerprint density at radius 1 is 1.21 bits per heavy atom. The summed E-state index contributed by atoms with van der Waals surface area (Å²) in [6.45, 7) is 5.64. The van der Waals surface area contributed by atoms with E-state index in [2.05, 4.69) is 73.4 Å². The maximum atomic E-state index is 4.65. The highest BCUT2D eigenvalue weighted by Gasteiger charge is 2.33. The molecule has 0 saturated carbocycles. The molecule has 2 heterocycles. The van der Waals surface area contributed by atoms with Gasteiger partial charge in [-0.3, -0.25) is 4.98 Å². The molecule has 0 saturated heterocycles. The third-order valence-corrected chi connectivity index (χ3v) is 3.94. The lowest BCUT2D eigenvalue weighted by Crippen LogP contribution is -2.24. The minimum atomic E-state index is 0.211. The second-order valence-corrected chi connectivity index (χ2v) is 6.10. The lowest BCUT2D eigenvalue weighted by Gasteiger charge is -2.18. The van der Waals surface area contributed by atoms with Crippen molar-refractivity contribution in [2.75, 3.05) is 18.5 Å². The van der Waals surface area contributed by atoms with Gasteiger partial charge in [0.15, 0.2) is 0 Å². The van der Waals surface area contributed by atoms with Gasteiger partial charge in [-0.15, -0.1) is 0 Å². The smallest absolute Gasteiger partial charge is 0.0468 e. The number of likely N-dealkylation sites (N-methyl/N-ethyl adjacent to an activating group) is 1. The molecule has 0 bridgehead atoms. The van der Waals surface area contributed by atoms with Gasteiger partial charge in [-0.1, -0.05) is 44.2 Å². The molecule has 3 rings (SSSR count). The quantitative estimate of drug-likeness (QED) is 0.814. The molecule has 0 radical (unpaired) electrons. The molecule has 0 aliphatic carbocycles. The Morgan fingerprint density at radius 3 is 2.68 bits per heavy atom. The lowest BCUT2D eigenvalue weighted by atomic mass is 9.88. The Balaban J connectivity index is 1.93. The van der Waals surface area contributed by atoms with Crippen molar-refractivity contribution in [1.82, 2.24) is 4.98 Å². The molecule has 2 aromatic rings. The second-order valence-electron chi connectivity index (χ2n) is 6.10. The summed E-state index contributed by atoms with van der Waals surface area (Å²) in [5, 5.41) is 0. The minimum Gasteiger partial charge on any atom is -0.373 e. The van der Waals surface area contributed by atoms with Gasteiger partial charge in [0.1, 0.15) is 0 Å². The zero-order valence-corrected chi connectivity index (χ0v) is 11.9. The number of hydrogen-bond donors (Lipinski definition) is 0. The Hall–Kier alpha value is -1.83. The van der Waals surface area contributed by atoms with Crippen LogP contribution in [0.15, 0.2) is 42.6 Å². The van der Waals surface area contributed by atoms with E-state index in [1.54, 1.807) is 0 Å². The molecule has 0 amide bonds. The molecule has 0 N–H and O–H groups in total. The van der Waals surface area contributed by atoms with Crippen LogP contribution in [-0.4, -0.2) is 18.6 Å². The zero-order chi connectivity index (χ0) is 13.5. The van der Waals surface area contributed by atoms with Crippen LogP contribution in [0.25, 0.3) is 0 Å².